The van der Waals surface area contributed by atoms with Crippen LogP contribution in [0.15, 0.2) is 60.0 Å². The van der Waals surface area contributed by atoms with Gasteiger partial charge >= 0.3 is 0 Å². The molecule has 6 heteroatoms. The molecule has 0 amide bonds. The summed E-state index contributed by atoms with van der Waals surface area (Å²) in [6, 6.07) is 14.7. The van der Waals surface area contributed by atoms with Crippen molar-refractivity contribution in [1.29, 1.82) is 0 Å². The molecule has 1 aliphatic rings. The topological polar surface area (TPSA) is 46.8 Å². The predicted octanol–water partition coefficient (Wildman–Crippen LogP) is 4.85. The van der Waals surface area contributed by atoms with Gasteiger partial charge in [-0.3, -0.25) is 4.98 Å². The predicted molar refractivity (Wildman–Crippen MR) is 123 cm³/mol. The van der Waals surface area contributed by atoms with Crippen LogP contribution in [0.2, 0.25) is 0 Å². The Morgan fingerprint density at radius 1 is 1.00 bits per heavy atom. The van der Waals surface area contributed by atoms with Crippen molar-refractivity contribution >= 4 is 11.8 Å². The van der Waals surface area contributed by atoms with Gasteiger partial charge in [-0.1, -0.05) is 62.0 Å². The number of pyridine rings is 1. The number of thioether (sulfide) groups is 1. The van der Waals surface area contributed by atoms with Gasteiger partial charge in [0, 0.05) is 30.6 Å². The smallest absolute Gasteiger partial charge is 0.191 e. The van der Waals surface area contributed by atoms with E-state index in [1.807, 2.05) is 18.5 Å². The molecule has 0 aliphatic carbocycles. The first-order valence-electron chi connectivity index (χ1n) is 10.9. The number of likely N-dealkylation sites (tertiary alicyclic amines) is 1. The van der Waals surface area contributed by atoms with Gasteiger partial charge < -0.3 is 9.47 Å². The lowest BCUT2D eigenvalue weighted by atomic mass is 9.95. The number of rotatable bonds is 8. The minimum absolute atomic E-state index is 0.484. The SMILES string of the molecule is CC(C)CN1CCC(c2nnc(SCc3cccnc3)n2Cc2ccccc2)CC1. The molecule has 0 saturated carbocycles. The summed E-state index contributed by atoms with van der Waals surface area (Å²) in [6.45, 7) is 8.92. The van der Waals surface area contributed by atoms with Crippen LogP contribution in [0.25, 0.3) is 0 Å². The molecule has 1 saturated heterocycles. The Morgan fingerprint density at radius 2 is 1.77 bits per heavy atom. The van der Waals surface area contributed by atoms with Crippen molar-refractivity contribution in [3.8, 4) is 0 Å². The fourth-order valence-electron chi connectivity index (χ4n) is 4.14. The highest BCUT2D eigenvalue weighted by molar-refractivity contribution is 7.98. The van der Waals surface area contributed by atoms with Crippen LogP contribution in [-0.4, -0.2) is 44.3 Å². The van der Waals surface area contributed by atoms with Crippen molar-refractivity contribution in [2.24, 2.45) is 5.92 Å². The molecule has 158 valence electrons. The number of aromatic nitrogens is 4. The molecule has 0 N–H and O–H groups in total. The van der Waals surface area contributed by atoms with Crippen LogP contribution in [0, 0.1) is 5.92 Å². The van der Waals surface area contributed by atoms with Crippen LogP contribution in [-0.2, 0) is 12.3 Å². The number of piperidine rings is 1. The molecule has 0 unspecified atom stereocenters. The van der Waals surface area contributed by atoms with Crippen molar-refractivity contribution in [2.75, 3.05) is 19.6 Å². The van der Waals surface area contributed by atoms with Crippen LogP contribution in [0.3, 0.4) is 0 Å². The first kappa shape index (κ1) is 21.1. The second-order valence-electron chi connectivity index (χ2n) is 8.53. The van der Waals surface area contributed by atoms with Crippen molar-refractivity contribution < 1.29 is 0 Å². The van der Waals surface area contributed by atoms with Crippen LogP contribution in [0.1, 0.15) is 49.6 Å². The zero-order valence-corrected chi connectivity index (χ0v) is 18.8. The van der Waals surface area contributed by atoms with E-state index >= 15 is 0 Å². The van der Waals surface area contributed by atoms with E-state index in [4.69, 9.17) is 5.10 Å². The lowest BCUT2D eigenvalue weighted by Crippen LogP contribution is -2.36. The van der Waals surface area contributed by atoms with Gasteiger partial charge in [-0.15, -0.1) is 10.2 Å². The third kappa shape index (κ3) is 5.49. The minimum Gasteiger partial charge on any atom is -0.303 e. The number of nitrogens with zero attached hydrogens (tertiary/aromatic N) is 5. The van der Waals surface area contributed by atoms with Crippen LogP contribution < -0.4 is 0 Å². The Bertz CT molecular complexity index is 902. The van der Waals surface area contributed by atoms with E-state index in [1.54, 1.807) is 11.8 Å². The van der Waals surface area contributed by atoms with E-state index in [9.17, 15) is 0 Å². The van der Waals surface area contributed by atoms with Gasteiger partial charge in [0.25, 0.3) is 0 Å². The average molecular weight is 422 g/mol. The van der Waals surface area contributed by atoms with Crippen molar-refractivity contribution in [1.82, 2.24) is 24.6 Å². The van der Waals surface area contributed by atoms with Gasteiger partial charge in [0.15, 0.2) is 5.16 Å². The maximum Gasteiger partial charge on any atom is 0.191 e. The van der Waals surface area contributed by atoms with Gasteiger partial charge in [-0.05, 0) is 49.0 Å². The van der Waals surface area contributed by atoms with Gasteiger partial charge in [0.1, 0.15) is 5.82 Å². The molecule has 1 fully saturated rings. The number of hydrogen-bond acceptors (Lipinski definition) is 5. The van der Waals surface area contributed by atoms with E-state index in [2.05, 4.69) is 69.8 Å². The van der Waals surface area contributed by atoms with Crippen molar-refractivity contribution in [3.05, 3.63) is 71.8 Å². The molecule has 30 heavy (non-hydrogen) atoms. The standard InChI is InChI=1S/C24H31N5S/c1-19(2)16-28-13-10-22(11-14-28)23-26-27-24(30-18-21-9-6-12-25-15-21)29(23)17-20-7-4-3-5-8-20/h3-9,12,15,19,22H,10-11,13-14,16-18H2,1-2H3. The van der Waals surface area contributed by atoms with Gasteiger partial charge in [0.2, 0.25) is 0 Å². The first-order chi connectivity index (χ1) is 14.7. The number of benzene rings is 1. The Hall–Kier alpha value is -2.18. The maximum atomic E-state index is 4.69. The van der Waals surface area contributed by atoms with E-state index < -0.39 is 0 Å². The summed E-state index contributed by atoms with van der Waals surface area (Å²) in [5.74, 6) is 3.21. The molecule has 3 heterocycles. The quantitative estimate of drug-likeness (QED) is 0.487. The second-order valence-corrected chi connectivity index (χ2v) is 9.47. The summed E-state index contributed by atoms with van der Waals surface area (Å²) in [7, 11) is 0. The molecular weight excluding hydrogens is 390 g/mol. The molecule has 5 nitrogen and oxygen atoms in total. The van der Waals surface area contributed by atoms with Crippen LogP contribution in [0.4, 0.5) is 0 Å². The minimum atomic E-state index is 0.484. The Balaban J connectivity index is 1.52. The Kier molecular flexibility index (Phi) is 7.18. The summed E-state index contributed by atoms with van der Waals surface area (Å²) >= 11 is 1.75. The highest BCUT2D eigenvalue weighted by Gasteiger charge is 2.26. The summed E-state index contributed by atoms with van der Waals surface area (Å²) in [5.41, 5.74) is 2.50. The van der Waals surface area contributed by atoms with Crippen LogP contribution in [0.5, 0.6) is 0 Å². The van der Waals surface area contributed by atoms with Crippen LogP contribution >= 0.6 is 11.8 Å². The fraction of sp³-hybridized carbons (Fsp3) is 0.458. The van der Waals surface area contributed by atoms with Crippen molar-refractivity contribution in [2.45, 2.75) is 50.1 Å². The molecule has 0 spiro atoms. The Labute approximate surface area is 183 Å². The zero-order valence-electron chi connectivity index (χ0n) is 17.9. The lowest BCUT2D eigenvalue weighted by Gasteiger charge is -2.32. The summed E-state index contributed by atoms with van der Waals surface area (Å²) in [4.78, 5) is 6.83. The third-order valence-corrected chi connectivity index (χ3v) is 6.63. The summed E-state index contributed by atoms with van der Waals surface area (Å²) in [5, 5.41) is 10.3. The molecule has 1 aliphatic heterocycles. The normalized spacial score (nSPS) is 15.7. The highest BCUT2D eigenvalue weighted by atomic mass is 32.2. The molecule has 0 bridgehead atoms. The molecule has 0 atom stereocenters. The summed E-state index contributed by atoms with van der Waals surface area (Å²) < 4.78 is 2.35. The second kappa shape index (κ2) is 10.2. The monoisotopic (exact) mass is 421 g/mol. The van der Waals surface area contributed by atoms with Gasteiger partial charge in [0.05, 0.1) is 6.54 Å². The first-order valence-corrected chi connectivity index (χ1v) is 11.9. The molecule has 2 aromatic heterocycles. The molecular formula is C24H31N5S. The lowest BCUT2D eigenvalue weighted by molar-refractivity contribution is 0.188. The third-order valence-electron chi connectivity index (χ3n) is 5.60. The molecule has 0 radical (unpaired) electrons. The molecule has 4 rings (SSSR count). The largest absolute Gasteiger partial charge is 0.303 e. The number of hydrogen-bond donors (Lipinski definition) is 0. The fourth-order valence-corrected chi connectivity index (χ4v) is 5.02. The van der Waals surface area contributed by atoms with E-state index in [-0.39, 0.29) is 0 Å². The highest BCUT2D eigenvalue weighted by Crippen LogP contribution is 2.31. The van der Waals surface area contributed by atoms with Crippen molar-refractivity contribution in [3.63, 3.8) is 0 Å². The van der Waals surface area contributed by atoms with E-state index in [0.717, 1.165) is 55.1 Å². The van der Waals surface area contributed by atoms with E-state index in [1.165, 1.54) is 17.7 Å². The zero-order chi connectivity index (χ0) is 20.8. The Morgan fingerprint density at radius 3 is 2.47 bits per heavy atom. The van der Waals surface area contributed by atoms with E-state index in [0.29, 0.717) is 5.92 Å². The molecule has 1 aromatic carbocycles. The summed E-state index contributed by atoms with van der Waals surface area (Å²) in [6.07, 6.45) is 6.06. The molecule has 3 aromatic rings. The average Bonchev–Trinajstić information content (AvgIpc) is 3.16. The van der Waals surface area contributed by atoms with Gasteiger partial charge in [-0.2, -0.15) is 0 Å². The van der Waals surface area contributed by atoms with Gasteiger partial charge in [-0.25, -0.2) is 0 Å². The maximum absolute atomic E-state index is 4.69.